The average Bonchev–Trinajstić information content (AvgIpc) is 3.05. The van der Waals surface area contributed by atoms with Crippen molar-refractivity contribution < 1.29 is 12.6 Å². The van der Waals surface area contributed by atoms with Crippen LogP contribution in [0.15, 0.2) is 45.2 Å². The summed E-state index contributed by atoms with van der Waals surface area (Å²) in [5.74, 6) is 5.28. The molecule has 0 saturated carbocycles. The Bertz CT molecular complexity index is 1350. The van der Waals surface area contributed by atoms with Crippen molar-refractivity contribution in [3.63, 3.8) is 0 Å². The highest BCUT2D eigenvalue weighted by Crippen LogP contribution is 2.36. The Kier molecular flexibility index (Phi) is 6.52. The number of nitrogens with zero attached hydrogens (tertiary/aromatic N) is 3. The van der Waals surface area contributed by atoms with E-state index >= 15 is 0 Å². The van der Waals surface area contributed by atoms with Gasteiger partial charge in [0.05, 0.1) is 26.7 Å². The summed E-state index contributed by atoms with van der Waals surface area (Å²) in [6, 6.07) is 8.31. The van der Waals surface area contributed by atoms with Crippen molar-refractivity contribution in [1.29, 1.82) is 0 Å². The molecule has 172 valence electrons. The first kappa shape index (κ1) is 23.6. The van der Waals surface area contributed by atoms with Crippen LogP contribution in [0.2, 0.25) is 0 Å². The number of sulfonamides is 1. The van der Waals surface area contributed by atoms with Gasteiger partial charge in [-0.15, -0.1) is 5.10 Å². The monoisotopic (exact) mass is 479 g/mol. The molecule has 0 aliphatic rings. The Morgan fingerprint density at radius 1 is 1.28 bits per heavy atom. The summed E-state index contributed by atoms with van der Waals surface area (Å²) in [5, 5.41) is 8.77. The number of aromatic nitrogens is 2. The van der Waals surface area contributed by atoms with Crippen LogP contribution in [0.25, 0.3) is 22.2 Å². The van der Waals surface area contributed by atoms with Gasteiger partial charge in [0.15, 0.2) is 5.84 Å². The van der Waals surface area contributed by atoms with Gasteiger partial charge in [-0.05, 0) is 24.6 Å². The molecule has 0 aliphatic heterocycles. The second kappa shape index (κ2) is 8.84. The molecule has 12 nitrogen and oxygen atoms in total. The number of para-hydroxylation sites is 1. The number of rotatable bonds is 7. The van der Waals surface area contributed by atoms with Crippen molar-refractivity contribution in [1.82, 2.24) is 15.1 Å². The summed E-state index contributed by atoms with van der Waals surface area (Å²) in [5.41, 5.74) is 21.8. The van der Waals surface area contributed by atoms with Gasteiger partial charge in [-0.25, -0.2) is 29.9 Å². The van der Waals surface area contributed by atoms with E-state index in [1.807, 2.05) is 11.6 Å². The molecule has 11 N–H and O–H groups in total. The second-order valence-electron chi connectivity index (χ2n) is 7.03. The zero-order chi connectivity index (χ0) is 23.8. The molecular weight excluding hydrogens is 454 g/mol. The highest BCUT2D eigenvalue weighted by molar-refractivity contribution is 7.91. The number of nitrogens with two attached hydrogens (primary N) is 5. The molecule has 3 aromatic rings. The average molecular weight is 480 g/mol. The van der Waals surface area contributed by atoms with Gasteiger partial charge in [0, 0.05) is 30.0 Å². The van der Waals surface area contributed by atoms with Gasteiger partial charge in [-0.3, -0.25) is 4.21 Å². The van der Waals surface area contributed by atoms with Crippen molar-refractivity contribution in [2.45, 2.75) is 22.0 Å². The van der Waals surface area contributed by atoms with Crippen molar-refractivity contribution in [2.24, 2.45) is 34.6 Å². The molecule has 0 fully saturated rings. The molecular formula is C18H25N9O3S2. The van der Waals surface area contributed by atoms with E-state index in [1.165, 1.54) is 6.07 Å². The number of hydrazine groups is 1. The fraction of sp³-hybridized carbons (Fsp3) is 0.222. The second-order valence-corrected chi connectivity index (χ2v) is 10.4. The van der Waals surface area contributed by atoms with Gasteiger partial charge >= 0.3 is 0 Å². The lowest BCUT2D eigenvalue weighted by atomic mass is 9.97. The first-order valence-corrected chi connectivity index (χ1v) is 12.1. The molecule has 0 spiro atoms. The Balaban J connectivity index is 2.50. The van der Waals surface area contributed by atoms with Crippen LogP contribution >= 0.6 is 0 Å². The number of hydrazone groups is 1. The van der Waals surface area contributed by atoms with E-state index < -0.39 is 31.0 Å². The summed E-state index contributed by atoms with van der Waals surface area (Å²) in [6.45, 7) is 1.70. The smallest absolute Gasteiger partial charge is 0.240 e. The van der Waals surface area contributed by atoms with Crippen molar-refractivity contribution >= 4 is 43.6 Å². The minimum Gasteiger partial charge on any atom is -0.382 e. The lowest BCUT2D eigenvalue weighted by Crippen LogP contribution is -2.29. The number of anilines is 1. The highest BCUT2D eigenvalue weighted by atomic mass is 32.2. The van der Waals surface area contributed by atoms with Gasteiger partial charge in [0.1, 0.15) is 4.90 Å². The van der Waals surface area contributed by atoms with Gasteiger partial charge in [0.2, 0.25) is 16.0 Å². The summed E-state index contributed by atoms with van der Waals surface area (Å²) in [4.78, 5) is 3.93. The number of hydrogen-bond acceptors (Lipinski definition) is 9. The molecule has 0 aliphatic carbocycles. The normalized spacial score (nSPS) is 14.5. The number of amidine groups is 1. The third-order valence-corrected chi connectivity index (χ3v) is 7.82. The molecule has 2 unspecified atom stereocenters. The van der Waals surface area contributed by atoms with Crippen molar-refractivity contribution in [3.05, 3.63) is 35.9 Å². The third kappa shape index (κ3) is 4.05. The molecule has 0 saturated heterocycles. The summed E-state index contributed by atoms with van der Waals surface area (Å²) in [6.07, 6.45) is 0. The van der Waals surface area contributed by atoms with Crippen molar-refractivity contribution in [3.8, 4) is 11.1 Å². The summed E-state index contributed by atoms with van der Waals surface area (Å²) in [7, 11) is -4.46. The Hall–Kier alpha value is -3.04. The van der Waals surface area contributed by atoms with Crippen molar-refractivity contribution in [2.75, 3.05) is 12.3 Å². The molecule has 0 radical (unpaired) electrons. The number of hydrogen-bond donors (Lipinski definition) is 6. The summed E-state index contributed by atoms with van der Waals surface area (Å²) >= 11 is 0. The van der Waals surface area contributed by atoms with E-state index in [0.29, 0.717) is 22.2 Å². The van der Waals surface area contributed by atoms with Crippen LogP contribution in [-0.4, -0.2) is 39.8 Å². The van der Waals surface area contributed by atoms with Gasteiger partial charge in [0.25, 0.3) is 0 Å². The number of fused-ring (bicyclic) bond motifs is 1. The maximum Gasteiger partial charge on any atom is 0.240 e. The molecule has 32 heavy (non-hydrogen) atoms. The van der Waals surface area contributed by atoms with E-state index in [1.54, 1.807) is 36.7 Å². The molecule has 2 atom stereocenters. The maximum atomic E-state index is 13.0. The Morgan fingerprint density at radius 2 is 1.97 bits per heavy atom. The van der Waals surface area contributed by atoms with Gasteiger partial charge < -0.3 is 21.8 Å². The predicted molar refractivity (Wildman–Crippen MR) is 125 cm³/mol. The van der Waals surface area contributed by atoms with Gasteiger partial charge in [-0.1, -0.05) is 18.2 Å². The van der Waals surface area contributed by atoms with Crippen LogP contribution in [0.4, 0.5) is 5.95 Å². The van der Waals surface area contributed by atoms with E-state index in [4.69, 9.17) is 28.2 Å². The topological polar surface area (TPSA) is 224 Å². The largest absolute Gasteiger partial charge is 0.382 e. The Morgan fingerprint density at radius 3 is 2.56 bits per heavy atom. The lowest BCUT2D eigenvalue weighted by Gasteiger charge is -2.19. The summed E-state index contributed by atoms with van der Waals surface area (Å²) < 4.78 is 40.2. The first-order valence-electron chi connectivity index (χ1n) is 9.33. The van der Waals surface area contributed by atoms with E-state index in [9.17, 15) is 12.6 Å². The minimum atomic E-state index is -4.41. The molecule has 2 aromatic carbocycles. The van der Waals surface area contributed by atoms with E-state index in [-0.39, 0.29) is 28.8 Å². The highest BCUT2D eigenvalue weighted by Gasteiger charge is 2.30. The standard InChI is InChI=1S/C18H25N9O3S2/c1-9(8-19)31(28)13-7-6-10(14(17(20)25-26-22)16(13)32(23,29)30)11-4-3-5-12-15(11)24-18(21)27(12)2/h3-7,9,26H,8,19,22H2,1-2H3,(H2,20,25)(H2,21,24)(H2,23,29,30). The van der Waals surface area contributed by atoms with E-state index in [2.05, 4.69) is 10.1 Å². The van der Waals surface area contributed by atoms with E-state index in [0.717, 1.165) is 0 Å². The molecule has 0 amide bonds. The van der Waals surface area contributed by atoms with Crippen LogP contribution in [0.5, 0.6) is 0 Å². The fourth-order valence-electron chi connectivity index (χ4n) is 3.36. The van der Waals surface area contributed by atoms with Crippen LogP contribution in [-0.2, 0) is 27.9 Å². The quantitative estimate of drug-likeness (QED) is 0.106. The zero-order valence-electron chi connectivity index (χ0n) is 17.4. The molecule has 0 bridgehead atoms. The lowest BCUT2D eigenvalue weighted by molar-refractivity contribution is 0.594. The first-order chi connectivity index (χ1) is 15.0. The molecule has 3 rings (SSSR count). The van der Waals surface area contributed by atoms with Crippen LogP contribution in [0.1, 0.15) is 12.5 Å². The maximum absolute atomic E-state index is 13.0. The van der Waals surface area contributed by atoms with Crippen LogP contribution < -0.4 is 33.7 Å². The molecule has 14 heteroatoms. The van der Waals surface area contributed by atoms with Crippen LogP contribution in [0.3, 0.4) is 0 Å². The number of benzene rings is 2. The number of nitrogen functional groups attached to an aromatic ring is 1. The minimum absolute atomic E-state index is 0.0351. The molecule has 1 heterocycles. The number of imidazole rings is 1. The van der Waals surface area contributed by atoms with Crippen LogP contribution in [0, 0.1) is 0 Å². The SMILES string of the molecule is CC(CN)S(=O)c1ccc(-c2cccc3c2nc(N)n3C)c(/C(N)=N/NN)c1S(N)(=O)=O. The number of primary sulfonamides is 1. The predicted octanol–water partition coefficient (Wildman–Crippen LogP) is -0.992. The number of nitrogens with one attached hydrogen (secondary N) is 1. The fourth-order valence-corrected chi connectivity index (χ4v) is 5.90. The third-order valence-electron chi connectivity index (χ3n) is 5.00. The Labute approximate surface area is 187 Å². The number of aryl methyl sites for hydroxylation is 1. The molecule has 1 aromatic heterocycles. The van der Waals surface area contributed by atoms with Gasteiger partial charge in [-0.2, -0.15) is 0 Å². The zero-order valence-corrected chi connectivity index (χ0v) is 19.1.